The van der Waals surface area contributed by atoms with Gasteiger partial charge in [0.2, 0.25) is 0 Å². The molecule has 4 atom stereocenters. The van der Waals surface area contributed by atoms with Crippen molar-refractivity contribution in [1.82, 2.24) is 10.2 Å². The lowest BCUT2D eigenvalue weighted by Gasteiger charge is -2.43. The van der Waals surface area contributed by atoms with Crippen LogP contribution in [0.1, 0.15) is 59.3 Å². The highest BCUT2D eigenvalue weighted by Crippen LogP contribution is 2.33. The van der Waals surface area contributed by atoms with Crippen LogP contribution in [0.4, 0.5) is 0 Å². The van der Waals surface area contributed by atoms with Gasteiger partial charge in [-0.2, -0.15) is 0 Å². The Morgan fingerprint density at radius 3 is 2.67 bits per heavy atom. The van der Waals surface area contributed by atoms with Crippen molar-refractivity contribution in [3.8, 4) is 0 Å². The maximum absolute atomic E-state index is 3.69. The van der Waals surface area contributed by atoms with Crippen LogP contribution in [0, 0.1) is 11.8 Å². The van der Waals surface area contributed by atoms with Gasteiger partial charge in [0.15, 0.2) is 0 Å². The quantitative estimate of drug-likeness (QED) is 0.811. The van der Waals surface area contributed by atoms with Gasteiger partial charge in [0.05, 0.1) is 0 Å². The zero-order valence-electron chi connectivity index (χ0n) is 12.6. The van der Waals surface area contributed by atoms with Crippen LogP contribution in [-0.2, 0) is 0 Å². The standard InChI is InChI=1S/C16H32N2/c1-4-15-9-12-18(11-6-10-17-15)16-8-5-7-13(2)14(16)3/h13-17H,4-12H2,1-3H3. The van der Waals surface area contributed by atoms with Crippen LogP contribution in [0.15, 0.2) is 0 Å². The third kappa shape index (κ3) is 3.48. The molecule has 4 unspecified atom stereocenters. The van der Waals surface area contributed by atoms with Gasteiger partial charge in [-0.25, -0.2) is 0 Å². The molecule has 1 heterocycles. The van der Waals surface area contributed by atoms with E-state index in [0.29, 0.717) is 0 Å². The molecule has 2 fully saturated rings. The second-order valence-electron chi connectivity index (χ2n) is 6.57. The van der Waals surface area contributed by atoms with E-state index in [1.807, 2.05) is 0 Å². The van der Waals surface area contributed by atoms with Gasteiger partial charge >= 0.3 is 0 Å². The molecule has 2 aliphatic rings. The highest BCUT2D eigenvalue weighted by atomic mass is 15.2. The minimum absolute atomic E-state index is 0.754. The fraction of sp³-hybridized carbons (Fsp3) is 1.00. The normalized spacial score (nSPS) is 40.2. The Balaban J connectivity index is 1.93. The second kappa shape index (κ2) is 6.91. The number of nitrogens with zero attached hydrogens (tertiary/aromatic N) is 1. The second-order valence-corrected chi connectivity index (χ2v) is 6.57. The molecule has 0 aromatic heterocycles. The van der Waals surface area contributed by atoms with Gasteiger partial charge in [-0.15, -0.1) is 0 Å². The Morgan fingerprint density at radius 2 is 1.89 bits per heavy atom. The van der Waals surface area contributed by atoms with Gasteiger partial charge in [-0.3, -0.25) is 0 Å². The summed E-state index contributed by atoms with van der Waals surface area (Å²) in [5, 5.41) is 3.69. The Labute approximate surface area is 114 Å². The Morgan fingerprint density at radius 1 is 1.06 bits per heavy atom. The van der Waals surface area contributed by atoms with Crippen LogP contribution in [0.5, 0.6) is 0 Å². The summed E-state index contributed by atoms with van der Waals surface area (Å²) in [6.07, 6.45) is 8.29. The van der Waals surface area contributed by atoms with E-state index in [2.05, 4.69) is 31.0 Å². The van der Waals surface area contributed by atoms with Crippen molar-refractivity contribution in [3.63, 3.8) is 0 Å². The molecule has 0 spiro atoms. The first-order valence-electron chi connectivity index (χ1n) is 8.19. The van der Waals surface area contributed by atoms with Gasteiger partial charge in [0.1, 0.15) is 0 Å². The van der Waals surface area contributed by atoms with E-state index < -0.39 is 0 Å². The Kier molecular flexibility index (Phi) is 5.50. The van der Waals surface area contributed by atoms with Gasteiger partial charge in [0.25, 0.3) is 0 Å². The molecule has 0 aromatic rings. The summed E-state index contributed by atoms with van der Waals surface area (Å²) in [7, 11) is 0. The minimum atomic E-state index is 0.754. The van der Waals surface area contributed by atoms with Crippen molar-refractivity contribution >= 4 is 0 Å². The van der Waals surface area contributed by atoms with Crippen LogP contribution in [0.3, 0.4) is 0 Å². The zero-order chi connectivity index (χ0) is 13.0. The van der Waals surface area contributed by atoms with Gasteiger partial charge in [-0.1, -0.05) is 33.6 Å². The topological polar surface area (TPSA) is 15.3 Å². The summed E-state index contributed by atoms with van der Waals surface area (Å²) in [6.45, 7) is 11.1. The molecule has 1 aliphatic carbocycles. The predicted molar refractivity (Wildman–Crippen MR) is 78.9 cm³/mol. The number of hydrogen-bond acceptors (Lipinski definition) is 2. The molecule has 0 bridgehead atoms. The summed E-state index contributed by atoms with van der Waals surface area (Å²) in [4.78, 5) is 2.82. The van der Waals surface area contributed by atoms with E-state index >= 15 is 0 Å². The summed E-state index contributed by atoms with van der Waals surface area (Å²) in [5.41, 5.74) is 0. The molecule has 106 valence electrons. The van der Waals surface area contributed by atoms with Crippen molar-refractivity contribution < 1.29 is 0 Å². The molecule has 1 saturated heterocycles. The summed E-state index contributed by atoms with van der Waals surface area (Å²) >= 11 is 0. The fourth-order valence-electron chi connectivity index (χ4n) is 3.87. The largest absolute Gasteiger partial charge is 0.314 e. The molecule has 18 heavy (non-hydrogen) atoms. The van der Waals surface area contributed by atoms with E-state index in [1.54, 1.807) is 0 Å². The van der Waals surface area contributed by atoms with Crippen LogP contribution in [0.2, 0.25) is 0 Å². The van der Waals surface area contributed by atoms with Crippen molar-refractivity contribution in [1.29, 1.82) is 0 Å². The molecule has 2 nitrogen and oxygen atoms in total. The van der Waals surface area contributed by atoms with E-state index in [4.69, 9.17) is 0 Å². The maximum Gasteiger partial charge on any atom is 0.0123 e. The highest BCUT2D eigenvalue weighted by Gasteiger charge is 2.31. The fourth-order valence-corrected chi connectivity index (χ4v) is 3.87. The smallest absolute Gasteiger partial charge is 0.0123 e. The minimum Gasteiger partial charge on any atom is -0.314 e. The lowest BCUT2D eigenvalue weighted by atomic mass is 9.77. The van der Waals surface area contributed by atoms with Crippen LogP contribution >= 0.6 is 0 Å². The van der Waals surface area contributed by atoms with Gasteiger partial charge < -0.3 is 10.2 Å². The molecule has 2 rings (SSSR count). The molecule has 0 aromatic carbocycles. The summed E-state index contributed by atoms with van der Waals surface area (Å²) in [5.74, 6) is 1.82. The molecule has 1 N–H and O–H groups in total. The Hall–Kier alpha value is -0.0800. The van der Waals surface area contributed by atoms with E-state index in [-0.39, 0.29) is 0 Å². The first-order valence-corrected chi connectivity index (χ1v) is 8.19. The molecule has 1 aliphatic heterocycles. The van der Waals surface area contributed by atoms with Crippen molar-refractivity contribution in [2.75, 3.05) is 19.6 Å². The number of hydrogen-bond donors (Lipinski definition) is 1. The van der Waals surface area contributed by atoms with Crippen molar-refractivity contribution in [3.05, 3.63) is 0 Å². The van der Waals surface area contributed by atoms with E-state index in [1.165, 1.54) is 58.2 Å². The molecular formula is C16H32N2. The van der Waals surface area contributed by atoms with Crippen LogP contribution < -0.4 is 5.32 Å². The lowest BCUT2D eigenvalue weighted by molar-refractivity contribution is 0.0715. The third-order valence-corrected chi connectivity index (χ3v) is 5.45. The molecule has 1 saturated carbocycles. The van der Waals surface area contributed by atoms with Crippen molar-refractivity contribution in [2.24, 2.45) is 11.8 Å². The van der Waals surface area contributed by atoms with E-state index in [0.717, 1.165) is 23.9 Å². The third-order valence-electron chi connectivity index (χ3n) is 5.45. The highest BCUT2D eigenvalue weighted by molar-refractivity contribution is 4.86. The predicted octanol–water partition coefficient (Wildman–Crippen LogP) is 3.28. The van der Waals surface area contributed by atoms with Crippen LogP contribution in [-0.4, -0.2) is 36.6 Å². The molecular weight excluding hydrogens is 220 g/mol. The average molecular weight is 252 g/mol. The number of nitrogens with one attached hydrogen (secondary N) is 1. The van der Waals surface area contributed by atoms with Crippen LogP contribution in [0.25, 0.3) is 0 Å². The van der Waals surface area contributed by atoms with Gasteiger partial charge in [0, 0.05) is 12.1 Å². The zero-order valence-corrected chi connectivity index (χ0v) is 12.6. The van der Waals surface area contributed by atoms with E-state index in [9.17, 15) is 0 Å². The number of rotatable bonds is 2. The molecule has 0 amide bonds. The Bertz CT molecular complexity index is 241. The summed E-state index contributed by atoms with van der Waals surface area (Å²) in [6, 6.07) is 1.62. The van der Waals surface area contributed by atoms with Crippen molar-refractivity contribution in [2.45, 2.75) is 71.4 Å². The first-order chi connectivity index (χ1) is 8.72. The first kappa shape index (κ1) is 14.3. The monoisotopic (exact) mass is 252 g/mol. The lowest BCUT2D eigenvalue weighted by Crippen LogP contribution is -2.48. The van der Waals surface area contributed by atoms with Gasteiger partial charge in [-0.05, 0) is 57.2 Å². The summed E-state index contributed by atoms with van der Waals surface area (Å²) < 4.78 is 0. The molecule has 0 radical (unpaired) electrons. The SMILES string of the molecule is CCC1CCN(C2CCCC(C)C2C)CCCN1. The molecule has 2 heteroatoms. The average Bonchev–Trinajstić information content (AvgIpc) is 2.34. The maximum atomic E-state index is 3.69.